The molecule has 8 heteroatoms. The summed E-state index contributed by atoms with van der Waals surface area (Å²) in [6.45, 7) is 0. The van der Waals surface area contributed by atoms with Gasteiger partial charge >= 0.3 is 5.97 Å². The topological polar surface area (TPSA) is 97.8 Å². The highest BCUT2D eigenvalue weighted by Gasteiger charge is 2.20. The van der Waals surface area contributed by atoms with Gasteiger partial charge in [0.2, 0.25) is 11.7 Å². The first-order valence-corrected chi connectivity index (χ1v) is 7.73. The van der Waals surface area contributed by atoms with E-state index in [1.165, 1.54) is 33.5 Å². The molecule has 0 unspecified atom stereocenters. The molecule has 0 aliphatic carbocycles. The van der Waals surface area contributed by atoms with Crippen molar-refractivity contribution in [3.8, 4) is 23.0 Å². The van der Waals surface area contributed by atoms with Crippen LogP contribution >= 0.6 is 0 Å². The third-order valence-electron chi connectivity index (χ3n) is 4.00. The Labute approximate surface area is 150 Å². The summed E-state index contributed by atoms with van der Waals surface area (Å²) in [6.07, 6.45) is 0. The predicted molar refractivity (Wildman–Crippen MR) is 96.1 cm³/mol. The van der Waals surface area contributed by atoms with Gasteiger partial charge in [0.25, 0.3) is 0 Å². The molecule has 1 heterocycles. The van der Waals surface area contributed by atoms with Gasteiger partial charge in [-0.05, 0) is 24.3 Å². The monoisotopic (exact) mass is 357 g/mol. The summed E-state index contributed by atoms with van der Waals surface area (Å²) >= 11 is 0. The van der Waals surface area contributed by atoms with E-state index in [-0.39, 0.29) is 5.56 Å². The lowest BCUT2D eigenvalue weighted by Crippen LogP contribution is -2.04. The van der Waals surface area contributed by atoms with Gasteiger partial charge in [-0.1, -0.05) is 6.07 Å². The molecule has 0 radical (unpaired) electrons. The number of benzene rings is 2. The van der Waals surface area contributed by atoms with Crippen molar-refractivity contribution >= 4 is 23.0 Å². The summed E-state index contributed by atoms with van der Waals surface area (Å²) in [4.78, 5) is 16.2. The molecule has 0 fully saturated rings. The normalized spacial score (nSPS) is 10.6. The Morgan fingerprint density at radius 1 is 1.08 bits per heavy atom. The summed E-state index contributed by atoms with van der Waals surface area (Å²) in [5.74, 6) is 1.32. The summed E-state index contributed by atoms with van der Waals surface area (Å²) in [7, 11) is 6.07. The zero-order valence-corrected chi connectivity index (χ0v) is 14.9. The van der Waals surface area contributed by atoms with Crippen LogP contribution in [0.2, 0.25) is 0 Å². The Kier molecular flexibility index (Phi) is 4.57. The van der Waals surface area contributed by atoms with Crippen molar-refractivity contribution in [2.45, 2.75) is 0 Å². The summed E-state index contributed by atoms with van der Waals surface area (Å²) in [5, 5.41) is 0. The van der Waals surface area contributed by atoms with Gasteiger partial charge in [0.05, 0.1) is 32.4 Å². The molecule has 136 valence electrons. The van der Waals surface area contributed by atoms with E-state index in [1.54, 1.807) is 10.6 Å². The van der Waals surface area contributed by atoms with Gasteiger partial charge < -0.3 is 29.2 Å². The molecule has 0 saturated carbocycles. The number of rotatable bonds is 5. The molecule has 0 aliphatic heterocycles. The van der Waals surface area contributed by atoms with Crippen LogP contribution in [0.4, 0.5) is 5.95 Å². The number of para-hydroxylation sites is 1. The molecule has 3 aromatic rings. The summed E-state index contributed by atoms with van der Waals surface area (Å²) in [6, 6.07) is 8.54. The minimum atomic E-state index is -0.507. The highest BCUT2D eigenvalue weighted by molar-refractivity contribution is 5.91. The first-order valence-electron chi connectivity index (χ1n) is 7.73. The maximum atomic E-state index is 11.8. The average molecular weight is 357 g/mol. The highest BCUT2D eigenvalue weighted by atomic mass is 16.5. The number of imidazole rings is 1. The molecule has 0 aliphatic rings. The van der Waals surface area contributed by atoms with Gasteiger partial charge in [-0.3, -0.25) is 0 Å². The van der Waals surface area contributed by atoms with E-state index in [1.807, 2.05) is 19.2 Å². The van der Waals surface area contributed by atoms with E-state index in [9.17, 15) is 4.79 Å². The number of methoxy groups -OCH3 is 3. The van der Waals surface area contributed by atoms with Gasteiger partial charge in [-0.15, -0.1) is 0 Å². The number of aryl methyl sites for hydroxylation is 1. The van der Waals surface area contributed by atoms with Crippen molar-refractivity contribution in [1.29, 1.82) is 0 Å². The number of carbonyl (C=O) groups excluding carboxylic acids is 1. The predicted octanol–water partition coefficient (Wildman–Crippen LogP) is 2.75. The maximum Gasteiger partial charge on any atom is 0.338 e. The molecule has 1 aromatic heterocycles. The number of hydrogen-bond donors (Lipinski definition) is 1. The molecule has 0 amide bonds. The molecule has 0 atom stereocenters. The standard InChI is InChI=1S/C18H19N3O5/c1-21-11-6-5-7-12(15(11)20-18(21)19)26-16-13(23-2)8-10(17(22)25-4)9-14(16)24-3/h5-9H,1-4H3,(H2,19,20). The van der Waals surface area contributed by atoms with Crippen LogP contribution in [0.15, 0.2) is 30.3 Å². The van der Waals surface area contributed by atoms with Crippen LogP contribution in [0.3, 0.4) is 0 Å². The van der Waals surface area contributed by atoms with Gasteiger partial charge in [0.1, 0.15) is 5.52 Å². The second-order valence-corrected chi connectivity index (χ2v) is 5.46. The number of nitrogens with two attached hydrogens (primary N) is 1. The molecule has 0 bridgehead atoms. The van der Waals surface area contributed by atoms with E-state index in [0.717, 1.165) is 5.52 Å². The lowest BCUT2D eigenvalue weighted by molar-refractivity contribution is 0.0600. The van der Waals surface area contributed by atoms with E-state index >= 15 is 0 Å². The molecule has 3 rings (SSSR count). The number of fused-ring (bicyclic) bond motifs is 1. The summed E-state index contributed by atoms with van der Waals surface area (Å²) < 4.78 is 23.3. The Balaban J connectivity index is 2.13. The van der Waals surface area contributed by atoms with Crippen LogP contribution in [0.1, 0.15) is 10.4 Å². The van der Waals surface area contributed by atoms with E-state index in [4.69, 9.17) is 24.7 Å². The van der Waals surface area contributed by atoms with Crippen molar-refractivity contribution in [3.05, 3.63) is 35.9 Å². The molecule has 8 nitrogen and oxygen atoms in total. The zero-order chi connectivity index (χ0) is 18.8. The Morgan fingerprint density at radius 2 is 1.73 bits per heavy atom. The van der Waals surface area contributed by atoms with Crippen molar-refractivity contribution in [2.75, 3.05) is 27.1 Å². The number of ether oxygens (including phenoxy) is 4. The van der Waals surface area contributed by atoms with Crippen molar-refractivity contribution in [3.63, 3.8) is 0 Å². The molecule has 26 heavy (non-hydrogen) atoms. The fourth-order valence-electron chi connectivity index (χ4n) is 2.62. The fraction of sp³-hybridized carbons (Fsp3) is 0.222. The number of nitrogens with zero attached hydrogens (tertiary/aromatic N) is 2. The van der Waals surface area contributed by atoms with Crippen LogP contribution in [-0.2, 0) is 11.8 Å². The molecular weight excluding hydrogens is 338 g/mol. The summed E-state index contributed by atoms with van der Waals surface area (Å²) in [5.41, 5.74) is 7.61. The molecular formula is C18H19N3O5. The van der Waals surface area contributed by atoms with E-state index in [0.29, 0.717) is 34.5 Å². The van der Waals surface area contributed by atoms with Gasteiger partial charge in [0.15, 0.2) is 17.2 Å². The number of esters is 1. The maximum absolute atomic E-state index is 11.8. The SMILES string of the molecule is COC(=O)c1cc(OC)c(Oc2cccc3c2nc(N)n3C)c(OC)c1. The largest absolute Gasteiger partial charge is 0.493 e. The first-order chi connectivity index (χ1) is 12.5. The van der Waals surface area contributed by atoms with Crippen LogP contribution < -0.4 is 19.9 Å². The smallest absolute Gasteiger partial charge is 0.338 e. The third-order valence-corrected chi connectivity index (χ3v) is 4.00. The van der Waals surface area contributed by atoms with Crippen LogP contribution in [-0.4, -0.2) is 36.8 Å². The molecule has 0 spiro atoms. The number of nitrogen functional groups attached to an aromatic ring is 1. The molecule has 2 N–H and O–H groups in total. The van der Waals surface area contributed by atoms with Crippen molar-refractivity contribution in [1.82, 2.24) is 9.55 Å². The second-order valence-electron chi connectivity index (χ2n) is 5.46. The second kappa shape index (κ2) is 6.83. The number of aromatic nitrogens is 2. The number of carbonyl (C=O) groups is 1. The van der Waals surface area contributed by atoms with Crippen molar-refractivity contribution in [2.24, 2.45) is 7.05 Å². The van der Waals surface area contributed by atoms with Gasteiger partial charge in [-0.25, -0.2) is 9.78 Å². The van der Waals surface area contributed by atoms with Crippen LogP contribution in [0.5, 0.6) is 23.0 Å². The van der Waals surface area contributed by atoms with Gasteiger partial charge in [-0.2, -0.15) is 0 Å². The highest BCUT2D eigenvalue weighted by Crippen LogP contribution is 2.43. The Bertz CT molecular complexity index is 955. The van der Waals surface area contributed by atoms with Crippen LogP contribution in [0, 0.1) is 0 Å². The quantitative estimate of drug-likeness (QED) is 0.701. The molecule has 0 saturated heterocycles. The fourth-order valence-corrected chi connectivity index (χ4v) is 2.62. The van der Waals surface area contributed by atoms with Crippen LogP contribution in [0.25, 0.3) is 11.0 Å². The lowest BCUT2D eigenvalue weighted by atomic mass is 10.2. The van der Waals surface area contributed by atoms with E-state index < -0.39 is 5.97 Å². The van der Waals surface area contributed by atoms with E-state index in [2.05, 4.69) is 4.98 Å². The zero-order valence-electron chi connectivity index (χ0n) is 14.9. The average Bonchev–Trinajstić information content (AvgIpc) is 2.96. The minimum absolute atomic E-state index is 0.286. The Morgan fingerprint density at radius 3 is 2.31 bits per heavy atom. The Hall–Kier alpha value is -3.42. The van der Waals surface area contributed by atoms with Gasteiger partial charge in [0, 0.05) is 7.05 Å². The third kappa shape index (κ3) is 2.85. The number of anilines is 1. The minimum Gasteiger partial charge on any atom is -0.493 e. The molecule has 2 aromatic carbocycles. The number of hydrogen-bond acceptors (Lipinski definition) is 7. The van der Waals surface area contributed by atoms with Crippen molar-refractivity contribution < 1.29 is 23.7 Å². The lowest BCUT2D eigenvalue weighted by Gasteiger charge is -2.15. The first kappa shape index (κ1) is 17.4.